The second-order valence-corrected chi connectivity index (χ2v) is 1.90. The molecule has 0 aliphatic rings. The highest BCUT2D eigenvalue weighted by Crippen LogP contribution is 2.19. The molecule has 0 spiro atoms. The predicted molar refractivity (Wildman–Crippen MR) is 28.9 cm³/mol. The van der Waals surface area contributed by atoms with Gasteiger partial charge in [-0.3, -0.25) is 0 Å². The first-order valence-corrected chi connectivity index (χ1v) is 2.45. The van der Waals surface area contributed by atoms with Gasteiger partial charge in [0.05, 0.1) is 6.08 Å². The second kappa shape index (κ2) is 2.90. The quantitative estimate of drug-likeness (QED) is 0.415. The third-order valence-electron chi connectivity index (χ3n) is 0.710. The van der Waals surface area contributed by atoms with Crippen LogP contribution in [0.5, 0.6) is 0 Å². The molecular formula is C5H7F4N. The van der Waals surface area contributed by atoms with Crippen molar-refractivity contribution in [3.05, 3.63) is 12.0 Å². The molecule has 0 aromatic carbocycles. The van der Waals surface area contributed by atoms with Crippen LogP contribution in [-0.2, 0) is 0 Å². The molecule has 5 heteroatoms. The fourth-order valence-electron chi connectivity index (χ4n) is 0.264. The molecule has 0 saturated heterocycles. The molecule has 0 unspecified atom stereocenters. The Balaban J connectivity index is 4.17. The maximum Gasteiger partial charge on any atom is 0.414 e. The van der Waals surface area contributed by atoms with Gasteiger partial charge >= 0.3 is 6.18 Å². The van der Waals surface area contributed by atoms with Gasteiger partial charge in [-0.1, -0.05) is 0 Å². The lowest BCUT2D eigenvalue weighted by atomic mass is 10.5. The summed E-state index contributed by atoms with van der Waals surface area (Å²) in [4.78, 5) is 0.744. The molecule has 0 radical (unpaired) electrons. The molecule has 0 aromatic heterocycles. The van der Waals surface area contributed by atoms with Gasteiger partial charge in [-0.2, -0.15) is 17.6 Å². The molecule has 0 saturated carbocycles. The fourth-order valence-corrected chi connectivity index (χ4v) is 0.264. The average Bonchev–Trinajstić information content (AvgIpc) is 1.60. The van der Waals surface area contributed by atoms with E-state index >= 15 is 0 Å². The van der Waals surface area contributed by atoms with Crippen molar-refractivity contribution in [1.82, 2.24) is 4.90 Å². The van der Waals surface area contributed by atoms with E-state index in [0.717, 1.165) is 4.90 Å². The van der Waals surface area contributed by atoms with Crippen LogP contribution < -0.4 is 0 Å². The molecule has 0 atom stereocenters. The minimum absolute atomic E-state index is 0.396. The highest BCUT2D eigenvalue weighted by molar-refractivity contribution is 4.94. The van der Waals surface area contributed by atoms with Crippen molar-refractivity contribution < 1.29 is 17.6 Å². The summed E-state index contributed by atoms with van der Waals surface area (Å²) in [5, 5.41) is 0. The Labute approximate surface area is 55.9 Å². The van der Waals surface area contributed by atoms with Gasteiger partial charge in [0, 0.05) is 14.1 Å². The molecule has 0 aromatic rings. The summed E-state index contributed by atoms with van der Waals surface area (Å²) in [5.41, 5.74) is 0. The van der Waals surface area contributed by atoms with Crippen LogP contribution in [-0.4, -0.2) is 25.2 Å². The average molecular weight is 157 g/mol. The lowest BCUT2D eigenvalue weighted by molar-refractivity contribution is -0.0826. The topological polar surface area (TPSA) is 3.24 Å². The van der Waals surface area contributed by atoms with E-state index in [-0.39, 0.29) is 0 Å². The van der Waals surface area contributed by atoms with Crippen molar-refractivity contribution in [1.29, 1.82) is 0 Å². The number of nitrogens with zero attached hydrogens (tertiary/aromatic N) is 1. The zero-order chi connectivity index (χ0) is 8.36. The zero-order valence-electron chi connectivity index (χ0n) is 5.54. The van der Waals surface area contributed by atoms with Gasteiger partial charge in [0.25, 0.3) is 0 Å². The molecule has 10 heavy (non-hydrogen) atoms. The van der Waals surface area contributed by atoms with E-state index in [4.69, 9.17) is 0 Å². The van der Waals surface area contributed by atoms with Gasteiger partial charge < -0.3 is 4.90 Å². The van der Waals surface area contributed by atoms with E-state index in [2.05, 4.69) is 0 Å². The number of hydrogen-bond acceptors (Lipinski definition) is 1. The standard InChI is InChI=1S/C5H7F4N/c1-10(2)4(6)3-5(7,8)9/h3H,1-2H3/b4-3+. The van der Waals surface area contributed by atoms with Gasteiger partial charge in [-0.25, -0.2) is 0 Å². The number of rotatable bonds is 1. The predicted octanol–water partition coefficient (Wildman–Crippen LogP) is 1.92. The molecule has 60 valence electrons. The maximum absolute atomic E-state index is 12.1. The molecule has 0 N–H and O–H groups in total. The molecule has 0 rings (SSSR count). The number of allylic oxidation sites excluding steroid dienone is 1. The summed E-state index contributed by atoms with van der Waals surface area (Å²) < 4.78 is 46.1. The van der Waals surface area contributed by atoms with Crippen LogP contribution in [0.2, 0.25) is 0 Å². The molecule has 0 aliphatic heterocycles. The van der Waals surface area contributed by atoms with E-state index in [1.165, 1.54) is 14.1 Å². The number of alkyl halides is 3. The Morgan fingerprint density at radius 2 is 1.70 bits per heavy atom. The zero-order valence-corrected chi connectivity index (χ0v) is 5.54. The Hall–Kier alpha value is -0.740. The lowest BCUT2D eigenvalue weighted by Gasteiger charge is -2.08. The Kier molecular flexibility index (Phi) is 2.68. The van der Waals surface area contributed by atoms with Crippen LogP contribution in [0.15, 0.2) is 12.0 Å². The highest BCUT2D eigenvalue weighted by Gasteiger charge is 2.25. The summed E-state index contributed by atoms with van der Waals surface area (Å²) in [6, 6.07) is 0. The van der Waals surface area contributed by atoms with Crippen molar-refractivity contribution in [2.75, 3.05) is 14.1 Å². The van der Waals surface area contributed by atoms with Crippen LogP contribution in [0.3, 0.4) is 0 Å². The second-order valence-electron chi connectivity index (χ2n) is 1.90. The van der Waals surface area contributed by atoms with E-state index in [9.17, 15) is 17.6 Å². The molecule has 0 bridgehead atoms. The third-order valence-corrected chi connectivity index (χ3v) is 0.710. The van der Waals surface area contributed by atoms with E-state index in [1.807, 2.05) is 0 Å². The molecule has 0 aliphatic carbocycles. The monoisotopic (exact) mass is 157 g/mol. The normalized spacial score (nSPS) is 13.6. The number of hydrogen-bond donors (Lipinski definition) is 0. The summed E-state index contributed by atoms with van der Waals surface area (Å²) in [5.74, 6) is -1.30. The number of halogens is 4. The van der Waals surface area contributed by atoms with E-state index in [1.54, 1.807) is 0 Å². The fraction of sp³-hybridized carbons (Fsp3) is 0.600. The Bertz CT molecular complexity index is 135. The van der Waals surface area contributed by atoms with Crippen molar-refractivity contribution in [3.8, 4) is 0 Å². The Morgan fingerprint density at radius 3 is 1.80 bits per heavy atom. The smallest absolute Gasteiger partial charge is 0.355 e. The minimum Gasteiger partial charge on any atom is -0.355 e. The molecule has 1 nitrogen and oxygen atoms in total. The molecular weight excluding hydrogens is 150 g/mol. The van der Waals surface area contributed by atoms with Crippen molar-refractivity contribution in [2.45, 2.75) is 6.18 Å². The summed E-state index contributed by atoms with van der Waals surface area (Å²) >= 11 is 0. The van der Waals surface area contributed by atoms with Gasteiger partial charge in [0.1, 0.15) is 0 Å². The molecule has 0 heterocycles. The van der Waals surface area contributed by atoms with Gasteiger partial charge in [0.2, 0.25) is 0 Å². The van der Waals surface area contributed by atoms with Gasteiger partial charge in [-0.15, -0.1) is 0 Å². The summed E-state index contributed by atoms with van der Waals surface area (Å²) in [6.07, 6.45) is -4.97. The van der Waals surface area contributed by atoms with Crippen molar-refractivity contribution >= 4 is 0 Å². The molecule has 0 amide bonds. The van der Waals surface area contributed by atoms with Crippen LogP contribution in [0.4, 0.5) is 17.6 Å². The Morgan fingerprint density at radius 1 is 1.30 bits per heavy atom. The first-order chi connectivity index (χ1) is 4.33. The van der Waals surface area contributed by atoms with Gasteiger partial charge in [0.15, 0.2) is 5.95 Å². The first kappa shape index (κ1) is 9.26. The van der Waals surface area contributed by atoms with E-state index < -0.39 is 18.2 Å². The third kappa shape index (κ3) is 4.17. The summed E-state index contributed by atoms with van der Waals surface area (Å²) in [6.45, 7) is 0. The lowest BCUT2D eigenvalue weighted by Crippen LogP contribution is -2.12. The maximum atomic E-state index is 12.1. The van der Waals surface area contributed by atoms with Crippen LogP contribution in [0.25, 0.3) is 0 Å². The van der Waals surface area contributed by atoms with Crippen LogP contribution in [0.1, 0.15) is 0 Å². The van der Waals surface area contributed by atoms with Crippen LogP contribution in [0, 0.1) is 0 Å². The first-order valence-electron chi connectivity index (χ1n) is 2.45. The van der Waals surface area contributed by atoms with Crippen molar-refractivity contribution in [3.63, 3.8) is 0 Å². The minimum atomic E-state index is -4.58. The summed E-state index contributed by atoms with van der Waals surface area (Å²) in [7, 11) is 2.38. The largest absolute Gasteiger partial charge is 0.414 e. The van der Waals surface area contributed by atoms with Crippen LogP contribution >= 0.6 is 0 Å². The highest BCUT2D eigenvalue weighted by atomic mass is 19.4. The van der Waals surface area contributed by atoms with Gasteiger partial charge in [-0.05, 0) is 0 Å². The van der Waals surface area contributed by atoms with E-state index in [0.29, 0.717) is 0 Å². The van der Waals surface area contributed by atoms with Crippen molar-refractivity contribution in [2.24, 2.45) is 0 Å². The SMILES string of the molecule is CN(C)/C(F)=C/C(F)(F)F. The molecule has 0 fully saturated rings.